The number of hydrogen-bond donors (Lipinski definition) is 0. The quantitative estimate of drug-likeness (QED) is 0.0952. The van der Waals surface area contributed by atoms with Crippen LogP contribution in [0.4, 0.5) is 0 Å². The molecule has 0 aliphatic carbocycles. The zero-order valence-corrected chi connectivity index (χ0v) is 28.2. The molecular formula is C32H27Br3O9. The van der Waals surface area contributed by atoms with Crippen molar-refractivity contribution in [3.63, 3.8) is 0 Å². The van der Waals surface area contributed by atoms with E-state index in [1.807, 2.05) is 0 Å². The minimum atomic E-state index is -1.21. The molecule has 0 aliphatic rings. The van der Waals surface area contributed by atoms with Crippen LogP contribution in [0, 0.1) is 11.8 Å². The number of carbonyl (C=O) groups excluding carboxylic acids is 6. The van der Waals surface area contributed by atoms with E-state index in [0.29, 0.717) is 16.7 Å². The van der Waals surface area contributed by atoms with Crippen molar-refractivity contribution in [1.82, 2.24) is 0 Å². The molecule has 44 heavy (non-hydrogen) atoms. The zero-order chi connectivity index (χ0) is 32.2. The molecule has 12 heteroatoms. The number of ketones is 3. The molecule has 230 valence electrons. The number of carbonyl (C=O) groups is 6. The minimum absolute atomic E-state index is 0.201. The summed E-state index contributed by atoms with van der Waals surface area (Å²) in [7, 11) is 0. The normalized spacial score (nSPS) is 12.0. The van der Waals surface area contributed by atoms with E-state index in [9.17, 15) is 28.8 Å². The summed E-state index contributed by atoms with van der Waals surface area (Å²) in [6, 6.07) is 19.5. The number of hydrogen-bond acceptors (Lipinski definition) is 9. The van der Waals surface area contributed by atoms with Crippen LogP contribution in [-0.4, -0.2) is 55.1 Å². The van der Waals surface area contributed by atoms with Crippen LogP contribution in [0.5, 0.6) is 0 Å². The summed E-state index contributed by atoms with van der Waals surface area (Å²) in [4.78, 5) is 75.8. The average Bonchev–Trinajstić information content (AvgIpc) is 3.02. The van der Waals surface area contributed by atoms with Crippen molar-refractivity contribution in [3.8, 4) is 0 Å². The molecule has 0 unspecified atom stereocenters. The lowest BCUT2D eigenvalue weighted by Gasteiger charge is -2.21. The fraction of sp³-hybridized carbons (Fsp3) is 0.250. The first-order valence-electron chi connectivity index (χ1n) is 13.3. The smallest absolute Gasteiger partial charge is 0.310 e. The predicted molar refractivity (Wildman–Crippen MR) is 170 cm³/mol. The van der Waals surface area contributed by atoms with Crippen molar-refractivity contribution in [2.45, 2.75) is 19.8 Å². The van der Waals surface area contributed by atoms with Gasteiger partial charge in [-0.05, 0) is 42.8 Å². The van der Waals surface area contributed by atoms with Crippen LogP contribution in [-0.2, 0) is 28.6 Å². The lowest BCUT2D eigenvalue weighted by molar-refractivity contribution is -0.159. The van der Waals surface area contributed by atoms with Gasteiger partial charge in [0.25, 0.3) is 0 Å². The van der Waals surface area contributed by atoms with Gasteiger partial charge in [0.2, 0.25) is 0 Å². The molecule has 0 saturated heterocycles. The molecule has 3 aromatic rings. The van der Waals surface area contributed by atoms with Gasteiger partial charge in [-0.1, -0.05) is 91.1 Å². The molecule has 0 fully saturated rings. The van der Waals surface area contributed by atoms with Crippen LogP contribution in [0.1, 0.15) is 50.8 Å². The SMILES string of the molecule is C[C@@H](C(=O)OCC(=O)c1ccc(Br)cc1)[C@H](CCC(=O)OCC(=O)c1ccc(Br)cc1)C(=O)OCC(=O)c1ccc(Br)cc1. The van der Waals surface area contributed by atoms with Crippen LogP contribution < -0.4 is 0 Å². The molecule has 0 N–H and O–H groups in total. The summed E-state index contributed by atoms with van der Waals surface area (Å²) in [6.45, 7) is -0.258. The van der Waals surface area contributed by atoms with Crippen LogP contribution >= 0.6 is 47.8 Å². The Morgan fingerprint density at radius 2 is 0.886 bits per heavy atom. The van der Waals surface area contributed by atoms with E-state index in [-0.39, 0.29) is 12.8 Å². The number of Topliss-reactive ketones (excluding diaryl/α,β-unsaturated/α-hetero) is 3. The van der Waals surface area contributed by atoms with Crippen molar-refractivity contribution in [3.05, 3.63) is 103 Å². The van der Waals surface area contributed by atoms with Crippen molar-refractivity contribution in [2.75, 3.05) is 19.8 Å². The second-order valence-electron chi connectivity index (χ2n) is 9.60. The predicted octanol–water partition coefficient (Wildman–Crippen LogP) is 6.58. The van der Waals surface area contributed by atoms with Crippen molar-refractivity contribution >= 4 is 83.0 Å². The van der Waals surface area contributed by atoms with E-state index in [2.05, 4.69) is 47.8 Å². The standard InChI is InChI=1S/C32H27Br3O9/c1-19(31(40)43-17-28(37)21-4-10-24(34)11-5-21)26(32(41)44-18-29(38)22-6-12-25(35)13-7-22)14-15-30(39)42-16-27(36)20-2-8-23(33)9-3-20/h2-13,19,26H,14-18H2,1H3/t19-,26+/m1/s1. The van der Waals surface area contributed by atoms with Gasteiger partial charge in [0.1, 0.15) is 0 Å². The summed E-state index contributed by atoms with van der Waals surface area (Å²) < 4.78 is 17.8. The van der Waals surface area contributed by atoms with Crippen molar-refractivity contribution in [1.29, 1.82) is 0 Å². The minimum Gasteiger partial charge on any atom is -0.457 e. The van der Waals surface area contributed by atoms with Gasteiger partial charge in [0.15, 0.2) is 37.2 Å². The van der Waals surface area contributed by atoms with Crippen molar-refractivity contribution < 1.29 is 43.0 Å². The van der Waals surface area contributed by atoms with E-state index in [0.717, 1.165) is 13.4 Å². The largest absolute Gasteiger partial charge is 0.457 e. The van der Waals surface area contributed by atoms with Gasteiger partial charge < -0.3 is 14.2 Å². The first-order valence-corrected chi connectivity index (χ1v) is 15.7. The summed E-state index contributed by atoms with van der Waals surface area (Å²) in [5, 5.41) is 0. The molecule has 2 atom stereocenters. The van der Waals surface area contributed by atoms with E-state index in [1.165, 1.54) is 6.92 Å². The monoisotopic (exact) mass is 792 g/mol. The summed E-state index contributed by atoms with van der Waals surface area (Å²) in [6.07, 6.45) is -0.531. The van der Waals surface area contributed by atoms with Crippen LogP contribution in [0.25, 0.3) is 0 Å². The maximum absolute atomic E-state index is 13.1. The number of halogens is 3. The van der Waals surface area contributed by atoms with Gasteiger partial charge in [0.05, 0.1) is 11.8 Å². The molecule has 0 bridgehead atoms. The highest BCUT2D eigenvalue weighted by Crippen LogP contribution is 2.23. The van der Waals surface area contributed by atoms with Crippen LogP contribution in [0.15, 0.2) is 86.2 Å². The second-order valence-corrected chi connectivity index (χ2v) is 12.3. The third-order valence-electron chi connectivity index (χ3n) is 6.49. The van der Waals surface area contributed by atoms with E-state index in [4.69, 9.17) is 14.2 Å². The van der Waals surface area contributed by atoms with E-state index in [1.54, 1.807) is 72.8 Å². The van der Waals surface area contributed by atoms with Crippen LogP contribution in [0.2, 0.25) is 0 Å². The summed E-state index contributed by atoms with van der Waals surface area (Å²) >= 11 is 9.85. The van der Waals surface area contributed by atoms with Gasteiger partial charge in [-0.25, -0.2) is 0 Å². The highest BCUT2D eigenvalue weighted by molar-refractivity contribution is 9.11. The molecule has 0 aliphatic heterocycles. The molecule has 0 spiro atoms. The number of esters is 3. The molecule has 0 radical (unpaired) electrons. The van der Waals surface area contributed by atoms with Gasteiger partial charge in [-0.15, -0.1) is 0 Å². The van der Waals surface area contributed by atoms with Gasteiger partial charge in [0, 0.05) is 36.5 Å². The molecule has 0 saturated carbocycles. The Labute approximate surface area is 279 Å². The Morgan fingerprint density at radius 1 is 0.545 bits per heavy atom. The van der Waals surface area contributed by atoms with Gasteiger partial charge in [-0.3, -0.25) is 28.8 Å². The summed E-state index contributed by atoms with van der Waals surface area (Å²) in [5.41, 5.74) is 0.999. The third-order valence-corrected chi connectivity index (χ3v) is 8.08. The Balaban J connectivity index is 1.62. The number of benzene rings is 3. The molecule has 3 aromatic carbocycles. The molecule has 0 amide bonds. The number of ether oxygens (including phenoxy) is 3. The average molecular weight is 795 g/mol. The Morgan fingerprint density at radius 3 is 1.27 bits per heavy atom. The molecule has 0 heterocycles. The molecule has 9 nitrogen and oxygen atoms in total. The van der Waals surface area contributed by atoms with E-state index >= 15 is 0 Å². The fourth-order valence-corrected chi connectivity index (χ4v) is 4.69. The zero-order valence-electron chi connectivity index (χ0n) is 23.4. The Bertz CT molecular complexity index is 1500. The lowest BCUT2D eigenvalue weighted by Crippen LogP contribution is -2.33. The third kappa shape index (κ3) is 10.9. The first-order chi connectivity index (χ1) is 20.9. The van der Waals surface area contributed by atoms with Crippen molar-refractivity contribution in [2.24, 2.45) is 11.8 Å². The highest BCUT2D eigenvalue weighted by atomic mass is 79.9. The molecular weight excluding hydrogens is 768 g/mol. The second kappa shape index (κ2) is 17.1. The first kappa shape index (κ1) is 35.0. The lowest BCUT2D eigenvalue weighted by atomic mass is 9.89. The number of rotatable bonds is 15. The maximum atomic E-state index is 13.1. The van der Waals surface area contributed by atoms with Crippen LogP contribution in [0.3, 0.4) is 0 Å². The topological polar surface area (TPSA) is 130 Å². The van der Waals surface area contributed by atoms with Gasteiger partial charge >= 0.3 is 17.9 Å². The Hall–Kier alpha value is -3.48. The molecule has 3 rings (SSSR count). The highest BCUT2D eigenvalue weighted by Gasteiger charge is 2.34. The van der Waals surface area contributed by atoms with E-state index < -0.39 is 66.9 Å². The van der Waals surface area contributed by atoms with Gasteiger partial charge in [-0.2, -0.15) is 0 Å². The Kier molecular flexibility index (Phi) is 13.6. The molecule has 0 aromatic heterocycles. The fourth-order valence-electron chi connectivity index (χ4n) is 3.90. The summed E-state index contributed by atoms with van der Waals surface area (Å²) in [5.74, 6) is -6.22. The maximum Gasteiger partial charge on any atom is 0.310 e.